The number of nitrogens with zero attached hydrogens (tertiary/aromatic N) is 2. The quantitative estimate of drug-likeness (QED) is 0.135. The molecule has 3 rings (SSSR count). The highest BCUT2D eigenvalue weighted by atomic mass is 16.5. The van der Waals surface area contributed by atoms with Crippen LogP contribution in [0.2, 0.25) is 0 Å². The second-order valence-electron chi connectivity index (χ2n) is 9.74. The topological polar surface area (TPSA) is 32.8 Å². The summed E-state index contributed by atoms with van der Waals surface area (Å²) in [5.41, 5.74) is 6.18. The molecular formula is C33H42N2O2. The van der Waals surface area contributed by atoms with Crippen molar-refractivity contribution >= 4 is 11.9 Å². The minimum Gasteiger partial charge on any atom is -0.493 e. The van der Waals surface area contributed by atoms with Gasteiger partial charge in [-0.15, -0.1) is 0 Å². The number of ether oxygens (including phenoxy) is 1. The summed E-state index contributed by atoms with van der Waals surface area (Å²) in [6, 6.07) is 22.5. The van der Waals surface area contributed by atoms with Crippen LogP contribution >= 0.6 is 0 Å². The number of hydrogen-bond acceptors (Lipinski definition) is 4. The summed E-state index contributed by atoms with van der Waals surface area (Å²) in [4.78, 5) is 18.1. The molecule has 0 fully saturated rings. The molecule has 0 atom stereocenters. The van der Waals surface area contributed by atoms with Crippen LogP contribution < -0.4 is 4.74 Å². The number of aryl methyl sites for hydroxylation is 1. The fourth-order valence-electron chi connectivity index (χ4n) is 4.51. The Kier molecular flexibility index (Phi) is 11.1. The summed E-state index contributed by atoms with van der Waals surface area (Å²) < 4.78 is 6.18. The van der Waals surface area contributed by atoms with Gasteiger partial charge in [-0.25, -0.2) is 0 Å². The minimum atomic E-state index is -0.0479. The van der Waals surface area contributed by atoms with Gasteiger partial charge >= 0.3 is 0 Å². The van der Waals surface area contributed by atoms with Crippen LogP contribution in [-0.2, 0) is 6.54 Å². The van der Waals surface area contributed by atoms with Crippen molar-refractivity contribution in [2.75, 3.05) is 40.3 Å². The Morgan fingerprint density at radius 2 is 1.65 bits per heavy atom. The molecule has 0 bridgehead atoms. The van der Waals surface area contributed by atoms with E-state index in [1.54, 1.807) is 6.08 Å². The molecule has 0 aliphatic heterocycles. The van der Waals surface area contributed by atoms with Crippen LogP contribution in [0.25, 0.3) is 17.2 Å². The fraction of sp³-hybridized carbons (Fsp3) is 0.364. The first-order valence-corrected chi connectivity index (χ1v) is 13.4. The zero-order valence-corrected chi connectivity index (χ0v) is 23.2. The molecule has 3 aromatic carbocycles. The third-order valence-electron chi connectivity index (χ3n) is 6.68. The largest absolute Gasteiger partial charge is 0.493 e. The van der Waals surface area contributed by atoms with E-state index in [-0.39, 0.29) is 5.78 Å². The molecule has 0 radical (unpaired) electrons. The molecule has 37 heavy (non-hydrogen) atoms. The van der Waals surface area contributed by atoms with Crippen LogP contribution in [-0.4, -0.2) is 55.9 Å². The van der Waals surface area contributed by atoms with E-state index >= 15 is 0 Å². The Hall–Kier alpha value is -3.21. The maximum atomic E-state index is 13.5. The van der Waals surface area contributed by atoms with Crippen LogP contribution in [0.3, 0.4) is 0 Å². The standard InChI is InChI=1S/C33H42N2O2/c1-6-35(7-2)22-12-13-23-37-33-21-19-28(30-17-11-8-14-26(30)3)24-31(33)32(36)20-18-27-15-9-10-16-29(27)25-34(4)5/h8-11,14-21,24H,6-7,12-13,22-23,25H2,1-5H3. The highest BCUT2D eigenvalue weighted by molar-refractivity contribution is 6.09. The summed E-state index contributed by atoms with van der Waals surface area (Å²) in [7, 11) is 4.10. The molecular weight excluding hydrogens is 456 g/mol. The molecule has 0 amide bonds. The lowest BCUT2D eigenvalue weighted by Gasteiger charge is -2.18. The highest BCUT2D eigenvalue weighted by Gasteiger charge is 2.14. The third-order valence-corrected chi connectivity index (χ3v) is 6.68. The van der Waals surface area contributed by atoms with Crippen LogP contribution in [0.4, 0.5) is 0 Å². The van der Waals surface area contributed by atoms with Crippen molar-refractivity contribution in [1.82, 2.24) is 9.80 Å². The van der Waals surface area contributed by atoms with Crippen molar-refractivity contribution in [2.24, 2.45) is 0 Å². The van der Waals surface area contributed by atoms with Gasteiger partial charge in [0.2, 0.25) is 0 Å². The predicted molar refractivity (Wildman–Crippen MR) is 156 cm³/mol. The average molecular weight is 499 g/mol. The SMILES string of the molecule is CCN(CC)CCCCOc1ccc(-c2ccccc2C)cc1C(=O)C=Cc1ccccc1CN(C)C. The number of benzene rings is 3. The predicted octanol–water partition coefficient (Wildman–Crippen LogP) is 7.12. The van der Waals surface area contributed by atoms with Crippen molar-refractivity contribution in [3.8, 4) is 16.9 Å². The van der Waals surface area contributed by atoms with E-state index in [0.29, 0.717) is 17.9 Å². The summed E-state index contributed by atoms with van der Waals surface area (Å²) >= 11 is 0. The molecule has 4 heteroatoms. The Labute approximate surface area is 223 Å². The molecule has 4 nitrogen and oxygen atoms in total. The molecule has 3 aromatic rings. The molecule has 0 aromatic heterocycles. The van der Waals surface area contributed by atoms with Crippen molar-refractivity contribution in [3.63, 3.8) is 0 Å². The third kappa shape index (κ3) is 8.41. The zero-order chi connectivity index (χ0) is 26.6. The molecule has 0 saturated heterocycles. The Balaban J connectivity index is 1.83. The maximum absolute atomic E-state index is 13.5. The van der Waals surface area contributed by atoms with Crippen LogP contribution in [0.15, 0.2) is 72.8 Å². The number of allylic oxidation sites excluding steroid dienone is 1. The molecule has 196 valence electrons. The second kappa shape index (κ2) is 14.5. The Morgan fingerprint density at radius 3 is 2.38 bits per heavy atom. The number of hydrogen-bond donors (Lipinski definition) is 0. The van der Waals surface area contributed by atoms with Crippen molar-refractivity contribution in [1.29, 1.82) is 0 Å². The van der Waals surface area contributed by atoms with Gasteiger partial charge in [0.15, 0.2) is 5.78 Å². The van der Waals surface area contributed by atoms with Crippen molar-refractivity contribution < 1.29 is 9.53 Å². The number of ketones is 1. The van der Waals surface area contributed by atoms with Gasteiger partial charge in [-0.05, 0) is 99.5 Å². The van der Waals surface area contributed by atoms with Gasteiger partial charge < -0.3 is 14.5 Å². The minimum absolute atomic E-state index is 0.0479. The molecule has 0 unspecified atom stereocenters. The van der Waals surface area contributed by atoms with Crippen molar-refractivity contribution in [3.05, 3.63) is 95.1 Å². The molecule has 0 N–H and O–H groups in total. The van der Waals surface area contributed by atoms with E-state index < -0.39 is 0 Å². The first-order chi connectivity index (χ1) is 17.9. The van der Waals surface area contributed by atoms with E-state index in [1.165, 1.54) is 11.1 Å². The van der Waals surface area contributed by atoms with Gasteiger partial charge in [0.25, 0.3) is 0 Å². The fourth-order valence-corrected chi connectivity index (χ4v) is 4.51. The van der Waals surface area contributed by atoms with Crippen LogP contribution in [0, 0.1) is 6.92 Å². The summed E-state index contributed by atoms with van der Waals surface area (Å²) in [5.74, 6) is 0.602. The van der Waals surface area contributed by atoms with E-state index in [2.05, 4.69) is 60.9 Å². The van der Waals surface area contributed by atoms with Gasteiger partial charge in [-0.1, -0.05) is 74.5 Å². The molecule has 0 saturated carbocycles. The number of unbranched alkanes of at least 4 members (excludes halogenated alkanes) is 1. The van der Waals surface area contributed by atoms with Gasteiger partial charge in [0.1, 0.15) is 5.75 Å². The Morgan fingerprint density at radius 1 is 0.919 bits per heavy atom. The van der Waals surface area contributed by atoms with Crippen LogP contribution in [0.1, 0.15) is 53.7 Å². The highest BCUT2D eigenvalue weighted by Crippen LogP contribution is 2.30. The summed E-state index contributed by atoms with van der Waals surface area (Å²) in [6.45, 7) is 11.1. The van der Waals surface area contributed by atoms with Gasteiger partial charge in [-0.2, -0.15) is 0 Å². The van der Waals surface area contributed by atoms with E-state index in [9.17, 15) is 4.79 Å². The van der Waals surface area contributed by atoms with Gasteiger partial charge in [-0.3, -0.25) is 4.79 Å². The van der Waals surface area contributed by atoms with E-state index in [1.807, 2.05) is 56.6 Å². The van der Waals surface area contributed by atoms with Crippen LogP contribution in [0.5, 0.6) is 5.75 Å². The average Bonchev–Trinajstić information content (AvgIpc) is 2.90. The lowest BCUT2D eigenvalue weighted by molar-refractivity contribution is 0.104. The lowest BCUT2D eigenvalue weighted by Crippen LogP contribution is -2.24. The van der Waals surface area contributed by atoms with Gasteiger partial charge in [0, 0.05) is 6.54 Å². The lowest BCUT2D eigenvalue weighted by atomic mass is 9.96. The molecule has 0 heterocycles. The zero-order valence-electron chi connectivity index (χ0n) is 23.2. The Bertz CT molecular complexity index is 1180. The monoisotopic (exact) mass is 498 g/mol. The number of rotatable bonds is 14. The number of carbonyl (C=O) groups excluding carboxylic acids is 1. The van der Waals surface area contributed by atoms with E-state index in [0.717, 1.165) is 55.7 Å². The first kappa shape index (κ1) is 28.4. The molecule has 0 spiro atoms. The van der Waals surface area contributed by atoms with Gasteiger partial charge in [0.05, 0.1) is 12.2 Å². The molecule has 0 aliphatic carbocycles. The van der Waals surface area contributed by atoms with Crippen molar-refractivity contribution in [2.45, 2.75) is 40.2 Å². The summed E-state index contributed by atoms with van der Waals surface area (Å²) in [6.07, 6.45) is 5.64. The molecule has 0 aliphatic rings. The number of carbonyl (C=O) groups is 1. The smallest absolute Gasteiger partial charge is 0.189 e. The second-order valence-corrected chi connectivity index (χ2v) is 9.74. The summed E-state index contributed by atoms with van der Waals surface area (Å²) in [5, 5.41) is 0. The van der Waals surface area contributed by atoms with E-state index in [4.69, 9.17) is 4.74 Å². The first-order valence-electron chi connectivity index (χ1n) is 13.4. The normalized spacial score (nSPS) is 11.5. The maximum Gasteiger partial charge on any atom is 0.189 e.